The number of halogens is 1. The van der Waals surface area contributed by atoms with Crippen molar-refractivity contribution in [1.82, 2.24) is 9.29 Å². The maximum Gasteiger partial charge on any atom is 0.244 e. The van der Waals surface area contributed by atoms with E-state index in [0.717, 1.165) is 10.6 Å². The van der Waals surface area contributed by atoms with E-state index in [-0.39, 0.29) is 10.1 Å². The van der Waals surface area contributed by atoms with Crippen molar-refractivity contribution in [2.45, 2.75) is 22.1 Å². The summed E-state index contributed by atoms with van der Waals surface area (Å²) in [6, 6.07) is 11.0. The van der Waals surface area contributed by atoms with Gasteiger partial charge in [-0.1, -0.05) is 41.6 Å². The summed E-state index contributed by atoms with van der Waals surface area (Å²) in [7, 11) is -0.446. The summed E-state index contributed by atoms with van der Waals surface area (Å²) in [5, 5.41) is 1.59. The van der Waals surface area contributed by atoms with Crippen LogP contribution in [0.4, 0.5) is 0 Å². The van der Waals surface area contributed by atoms with Crippen molar-refractivity contribution in [3.63, 3.8) is 0 Å². The van der Waals surface area contributed by atoms with Gasteiger partial charge in [0.1, 0.15) is 4.90 Å². The number of rotatable bonds is 5. The predicted octanol–water partition coefficient (Wildman–Crippen LogP) is 3.84. The second kappa shape index (κ2) is 7.00. The SMILES string of the molecule is CC(Sc1ccc(S(=O)(=O)N(C)C)cn1)c1ccccc1Cl. The molecule has 22 heavy (non-hydrogen) atoms. The van der Waals surface area contributed by atoms with Crippen LogP contribution in [-0.2, 0) is 10.0 Å². The topological polar surface area (TPSA) is 50.3 Å². The Balaban J connectivity index is 2.17. The molecule has 1 unspecified atom stereocenters. The van der Waals surface area contributed by atoms with Gasteiger partial charge in [0.25, 0.3) is 0 Å². The molecule has 0 aliphatic rings. The van der Waals surface area contributed by atoms with Crippen molar-refractivity contribution in [3.05, 3.63) is 53.2 Å². The van der Waals surface area contributed by atoms with E-state index in [1.807, 2.05) is 31.2 Å². The summed E-state index contributed by atoms with van der Waals surface area (Å²) in [5.41, 5.74) is 1.03. The van der Waals surface area contributed by atoms with Crippen LogP contribution in [0, 0.1) is 0 Å². The Morgan fingerprint density at radius 2 is 1.86 bits per heavy atom. The van der Waals surface area contributed by atoms with Gasteiger partial charge in [0.15, 0.2) is 0 Å². The molecule has 0 fully saturated rings. The molecule has 0 spiro atoms. The highest BCUT2D eigenvalue weighted by Gasteiger charge is 2.18. The quantitative estimate of drug-likeness (QED) is 0.764. The van der Waals surface area contributed by atoms with E-state index in [1.54, 1.807) is 12.1 Å². The molecule has 0 bridgehead atoms. The zero-order chi connectivity index (χ0) is 16.3. The van der Waals surface area contributed by atoms with Crippen LogP contribution in [0.1, 0.15) is 17.7 Å². The molecular weight excluding hydrogens is 340 g/mol. The molecule has 0 saturated carbocycles. The Morgan fingerprint density at radius 1 is 1.18 bits per heavy atom. The van der Waals surface area contributed by atoms with Crippen LogP contribution in [-0.4, -0.2) is 31.8 Å². The third-order valence-electron chi connectivity index (χ3n) is 3.13. The standard InChI is InChI=1S/C15H17ClN2O2S2/c1-11(13-6-4-5-7-14(13)16)21-15-9-8-12(10-17-15)22(19,20)18(2)3/h4-11H,1-3H3. The Kier molecular flexibility index (Phi) is 5.50. The van der Waals surface area contributed by atoms with Crippen molar-refractivity contribution >= 4 is 33.4 Å². The molecule has 0 N–H and O–H groups in total. The molecule has 1 aromatic heterocycles. The highest BCUT2D eigenvalue weighted by molar-refractivity contribution is 7.99. The van der Waals surface area contributed by atoms with Gasteiger partial charge in [-0.25, -0.2) is 17.7 Å². The molecule has 1 heterocycles. The largest absolute Gasteiger partial charge is 0.249 e. The lowest BCUT2D eigenvalue weighted by atomic mass is 10.2. The molecule has 1 atom stereocenters. The lowest BCUT2D eigenvalue weighted by molar-refractivity contribution is 0.520. The van der Waals surface area contributed by atoms with Gasteiger partial charge in [-0.15, -0.1) is 0 Å². The number of sulfonamides is 1. The first-order valence-electron chi connectivity index (χ1n) is 6.62. The van der Waals surface area contributed by atoms with Gasteiger partial charge in [-0.3, -0.25) is 0 Å². The third kappa shape index (κ3) is 3.81. The third-order valence-corrected chi connectivity index (χ3v) is 6.36. The number of aromatic nitrogens is 1. The molecule has 0 aliphatic carbocycles. The van der Waals surface area contributed by atoms with Crippen LogP contribution in [0.15, 0.2) is 52.5 Å². The summed E-state index contributed by atoms with van der Waals surface area (Å²) in [4.78, 5) is 4.42. The Labute approximate surface area is 140 Å². The second-order valence-electron chi connectivity index (χ2n) is 4.90. The maximum absolute atomic E-state index is 12.0. The Bertz CT molecular complexity index is 746. The van der Waals surface area contributed by atoms with Crippen LogP contribution >= 0.6 is 23.4 Å². The molecule has 7 heteroatoms. The van der Waals surface area contributed by atoms with Crippen LogP contribution in [0.2, 0.25) is 5.02 Å². The average Bonchev–Trinajstić information content (AvgIpc) is 2.48. The molecule has 2 rings (SSSR count). The van der Waals surface area contributed by atoms with Gasteiger partial charge >= 0.3 is 0 Å². The molecule has 1 aromatic carbocycles. The fourth-order valence-electron chi connectivity index (χ4n) is 1.85. The van der Waals surface area contributed by atoms with Gasteiger partial charge in [-0.2, -0.15) is 0 Å². The summed E-state index contributed by atoms with van der Waals surface area (Å²) in [6.45, 7) is 2.04. The number of benzene rings is 1. The van der Waals surface area contributed by atoms with E-state index < -0.39 is 10.0 Å². The fourth-order valence-corrected chi connectivity index (χ4v) is 4.02. The monoisotopic (exact) mass is 356 g/mol. The van der Waals surface area contributed by atoms with Crippen molar-refractivity contribution in [2.24, 2.45) is 0 Å². The van der Waals surface area contributed by atoms with Crippen molar-refractivity contribution in [1.29, 1.82) is 0 Å². The molecule has 2 aromatic rings. The Morgan fingerprint density at radius 3 is 2.41 bits per heavy atom. The highest BCUT2D eigenvalue weighted by atomic mass is 35.5. The predicted molar refractivity (Wildman–Crippen MR) is 90.8 cm³/mol. The molecule has 0 saturated heterocycles. The van der Waals surface area contributed by atoms with Gasteiger partial charge < -0.3 is 0 Å². The van der Waals surface area contributed by atoms with Crippen LogP contribution in [0.5, 0.6) is 0 Å². The van der Waals surface area contributed by atoms with E-state index in [1.165, 1.54) is 36.4 Å². The minimum absolute atomic E-state index is 0.123. The van der Waals surface area contributed by atoms with Crippen LogP contribution in [0.25, 0.3) is 0 Å². The summed E-state index contributed by atoms with van der Waals surface area (Å²) >= 11 is 7.72. The lowest BCUT2D eigenvalue weighted by Crippen LogP contribution is -2.22. The number of thioether (sulfide) groups is 1. The normalized spacial score (nSPS) is 13.3. The molecule has 118 valence electrons. The maximum atomic E-state index is 12.0. The number of hydrogen-bond acceptors (Lipinski definition) is 4. The minimum atomic E-state index is -3.44. The number of pyridine rings is 1. The number of nitrogens with zero attached hydrogens (tertiary/aromatic N) is 2. The van der Waals surface area contributed by atoms with Crippen LogP contribution < -0.4 is 0 Å². The van der Waals surface area contributed by atoms with E-state index in [9.17, 15) is 8.42 Å². The van der Waals surface area contributed by atoms with Crippen molar-refractivity contribution < 1.29 is 8.42 Å². The van der Waals surface area contributed by atoms with E-state index in [0.29, 0.717) is 5.02 Å². The summed E-state index contributed by atoms with van der Waals surface area (Å²) in [6.07, 6.45) is 1.39. The molecular formula is C15H17ClN2O2S2. The molecule has 4 nitrogen and oxygen atoms in total. The average molecular weight is 357 g/mol. The Hall–Kier alpha value is -1.08. The van der Waals surface area contributed by atoms with Gasteiger partial charge in [0, 0.05) is 30.6 Å². The lowest BCUT2D eigenvalue weighted by Gasteiger charge is -2.14. The van der Waals surface area contributed by atoms with Crippen molar-refractivity contribution in [2.75, 3.05) is 14.1 Å². The number of hydrogen-bond donors (Lipinski definition) is 0. The fraction of sp³-hybridized carbons (Fsp3) is 0.267. The van der Waals surface area contributed by atoms with E-state index in [4.69, 9.17) is 11.6 Å². The van der Waals surface area contributed by atoms with Gasteiger partial charge in [-0.05, 0) is 30.7 Å². The summed E-state index contributed by atoms with van der Waals surface area (Å²) in [5.74, 6) is 0. The zero-order valence-corrected chi connectivity index (χ0v) is 14.9. The van der Waals surface area contributed by atoms with E-state index in [2.05, 4.69) is 4.98 Å². The molecule has 0 radical (unpaired) electrons. The minimum Gasteiger partial charge on any atom is -0.249 e. The van der Waals surface area contributed by atoms with E-state index >= 15 is 0 Å². The molecule has 0 amide bonds. The highest BCUT2D eigenvalue weighted by Crippen LogP contribution is 2.37. The first kappa shape index (κ1) is 17.3. The van der Waals surface area contributed by atoms with Crippen molar-refractivity contribution in [3.8, 4) is 0 Å². The first-order chi connectivity index (χ1) is 10.3. The molecule has 0 aliphatic heterocycles. The van der Waals surface area contributed by atoms with Gasteiger partial charge in [0.05, 0.1) is 5.03 Å². The van der Waals surface area contributed by atoms with Gasteiger partial charge in [0.2, 0.25) is 10.0 Å². The second-order valence-corrected chi connectivity index (χ2v) is 8.82. The smallest absolute Gasteiger partial charge is 0.244 e. The summed E-state index contributed by atoms with van der Waals surface area (Å²) < 4.78 is 25.2. The first-order valence-corrected chi connectivity index (χ1v) is 9.32. The van der Waals surface area contributed by atoms with Crippen LogP contribution in [0.3, 0.4) is 0 Å². The zero-order valence-electron chi connectivity index (χ0n) is 12.5.